The fourth-order valence-corrected chi connectivity index (χ4v) is 1.79. The van der Waals surface area contributed by atoms with E-state index < -0.39 is 0 Å². The molecule has 0 atom stereocenters. The van der Waals surface area contributed by atoms with E-state index in [1.165, 1.54) is 24.2 Å². The molecule has 0 spiro atoms. The number of hydrogen-bond acceptors (Lipinski definition) is 4. The molecule has 2 aromatic heterocycles. The molecule has 0 aliphatic heterocycles. The summed E-state index contributed by atoms with van der Waals surface area (Å²) >= 11 is 0. The summed E-state index contributed by atoms with van der Waals surface area (Å²) in [6, 6.07) is 0. The molecule has 100 valence electrons. The van der Waals surface area contributed by atoms with Crippen molar-refractivity contribution in [2.45, 2.75) is 27.3 Å². The summed E-state index contributed by atoms with van der Waals surface area (Å²) in [5.74, 6) is -0.216. The maximum Gasteiger partial charge on any atom is 0.271 e. The molecule has 0 bridgehead atoms. The van der Waals surface area contributed by atoms with E-state index in [1.54, 1.807) is 0 Å². The van der Waals surface area contributed by atoms with Crippen molar-refractivity contribution in [3.05, 3.63) is 41.2 Å². The van der Waals surface area contributed by atoms with E-state index >= 15 is 0 Å². The smallest absolute Gasteiger partial charge is 0.271 e. The molecule has 0 saturated heterocycles. The van der Waals surface area contributed by atoms with E-state index in [4.69, 9.17) is 0 Å². The van der Waals surface area contributed by atoms with Crippen LogP contribution in [0.4, 0.5) is 0 Å². The lowest BCUT2D eigenvalue weighted by atomic mass is 10.2. The van der Waals surface area contributed by atoms with Gasteiger partial charge < -0.3 is 5.32 Å². The van der Waals surface area contributed by atoms with Crippen LogP contribution in [-0.2, 0) is 6.54 Å². The fourth-order valence-electron chi connectivity index (χ4n) is 1.79. The Morgan fingerprint density at radius 2 is 2.11 bits per heavy atom. The summed E-state index contributed by atoms with van der Waals surface area (Å²) in [6.45, 7) is 7.21. The number of carbonyl (C=O) groups is 1. The molecule has 2 heterocycles. The minimum Gasteiger partial charge on any atom is -0.349 e. The van der Waals surface area contributed by atoms with Gasteiger partial charge in [-0.15, -0.1) is 0 Å². The number of nitrogens with zero attached hydrogens (tertiary/aromatic N) is 4. The zero-order valence-corrected chi connectivity index (χ0v) is 11.3. The van der Waals surface area contributed by atoms with Crippen molar-refractivity contribution in [1.82, 2.24) is 25.1 Å². The second-order valence-electron chi connectivity index (χ2n) is 4.37. The molecule has 2 rings (SSSR count). The molecule has 0 radical (unpaired) electrons. The highest BCUT2D eigenvalue weighted by Crippen LogP contribution is 2.10. The zero-order valence-electron chi connectivity index (χ0n) is 11.3. The van der Waals surface area contributed by atoms with Gasteiger partial charge in [-0.2, -0.15) is 5.10 Å². The minimum absolute atomic E-state index is 0.216. The molecular formula is C13H17N5O. The van der Waals surface area contributed by atoms with Gasteiger partial charge in [0.2, 0.25) is 0 Å². The van der Waals surface area contributed by atoms with Gasteiger partial charge in [-0.05, 0) is 26.3 Å². The van der Waals surface area contributed by atoms with Gasteiger partial charge in [0.05, 0.1) is 18.4 Å². The number of carbonyl (C=O) groups excluding carboxylic acids is 1. The van der Waals surface area contributed by atoms with Crippen LogP contribution in [0.15, 0.2) is 18.6 Å². The van der Waals surface area contributed by atoms with E-state index in [2.05, 4.69) is 20.4 Å². The molecule has 2 aromatic rings. The average molecular weight is 259 g/mol. The molecule has 0 unspecified atom stereocenters. The first-order valence-corrected chi connectivity index (χ1v) is 6.14. The first-order chi connectivity index (χ1) is 9.09. The van der Waals surface area contributed by atoms with Gasteiger partial charge in [0.15, 0.2) is 0 Å². The molecular weight excluding hydrogens is 242 g/mol. The van der Waals surface area contributed by atoms with Crippen molar-refractivity contribution in [3.8, 4) is 0 Å². The second kappa shape index (κ2) is 5.60. The quantitative estimate of drug-likeness (QED) is 0.890. The van der Waals surface area contributed by atoms with E-state index in [0.29, 0.717) is 18.8 Å². The van der Waals surface area contributed by atoms with Crippen LogP contribution >= 0.6 is 0 Å². The van der Waals surface area contributed by atoms with Crippen molar-refractivity contribution in [2.24, 2.45) is 0 Å². The van der Waals surface area contributed by atoms with Gasteiger partial charge in [0.1, 0.15) is 5.69 Å². The molecule has 0 aromatic carbocycles. The monoisotopic (exact) mass is 259 g/mol. The number of aromatic nitrogens is 4. The predicted octanol–water partition coefficient (Wildman–Crippen LogP) is 1.03. The van der Waals surface area contributed by atoms with Crippen LogP contribution in [0.1, 0.15) is 27.4 Å². The number of amides is 1. The number of nitrogens with one attached hydrogen (secondary N) is 1. The zero-order chi connectivity index (χ0) is 13.8. The summed E-state index contributed by atoms with van der Waals surface area (Å²) in [7, 11) is 0. The van der Waals surface area contributed by atoms with Crippen LogP contribution in [0, 0.1) is 20.8 Å². The third-order valence-corrected chi connectivity index (χ3v) is 3.15. The summed E-state index contributed by atoms with van der Waals surface area (Å²) < 4.78 is 1.90. The van der Waals surface area contributed by atoms with Crippen molar-refractivity contribution >= 4 is 5.91 Å². The third-order valence-electron chi connectivity index (χ3n) is 3.15. The molecule has 6 nitrogen and oxygen atoms in total. The molecule has 1 amide bonds. The fraction of sp³-hybridized carbons (Fsp3) is 0.385. The van der Waals surface area contributed by atoms with Crippen LogP contribution in [0.5, 0.6) is 0 Å². The molecule has 0 aliphatic carbocycles. The van der Waals surface area contributed by atoms with Crippen molar-refractivity contribution < 1.29 is 4.79 Å². The Bertz CT molecular complexity index is 576. The average Bonchev–Trinajstić information content (AvgIpc) is 2.67. The normalized spacial score (nSPS) is 10.5. The molecule has 19 heavy (non-hydrogen) atoms. The van der Waals surface area contributed by atoms with Crippen LogP contribution in [0.25, 0.3) is 0 Å². The van der Waals surface area contributed by atoms with Gasteiger partial charge in [0.25, 0.3) is 5.91 Å². The summed E-state index contributed by atoms with van der Waals surface area (Å²) in [6.07, 6.45) is 4.48. The largest absolute Gasteiger partial charge is 0.349 e. The van der Waals surface area contributed by atoms with Crippen molar-refractivity contribution in [3.63, 3.8) is 0 Å². The topological polar surface area (TPSA) is 72.7 Å². The Morgan fingerprint density at radius 3 is 2.68 bits per heavy atom. The Morgan fingerprint density at radius 1 is 1.32 bits per heavy atom. The lowest BCUT2D eigenvalue weighted by Gasteiger charge is -2.06. The van der Waals surface area contributed by atoms with Crippen LogP contribution in [-0.4, -0.2) is 32.2 Å². The van der Waals surface area contributed by atoms with E-state index in [-0.39, 0.29) is 5.91 Å². The van der Waals surface area contributed by atoms with Crippen LogP contribution in [0.3, 0.4) is 0 Å². The van der Waals surface area contributed by atoms with Crippen molar-refractivity contribution in [1.29, 1.82) is 0 Å². The summed E-state index contributed by atoms with van der Waals surface area (Å²) in [4.78, 5) is 19.6. The Hall–Kier alpha value is -2.24. The predicted molar refractivity (Wildman–Crippen MR) is 70.8 cm³/mol. The maximum atomic E-state index is 11.7. The minimum atomic E-state index is -0.216. The lowest BCUT2D eigenvalue weighted by Crippen LogP contribution is -2.28. The number of rotatable bonds is 4. The van der Waals surface area contributed by atoms with Gasteiger partial charge in [-0.3, -0.25) is 14.5 Å². The van der Waals surface area contributed by atoms with Crippen LogP contribution < -0.4 is 5.32 Å². The van der Waals surface area contributed by atoms with E-state index in [9.17, 15) is 4.79 Å². The lowest BCUT2D eigenvalue weighted by molar-refractivity contribution is 0.0946. The molecule has 0 fully saturated rings. The van der Waals surface area contributed by atoms with Gasteiger partial charge in [-0.1, -0.05) is 0 Å². The summed E-state index contributed by atoms with van der Waals surface area (Å²) in [5.41, 5.74) is 3.68. The van der Waals surface area contributed by atoms with Gasteiger partial charge in [0, 0.05) is 24.6 Å². The molecule has 0 aliphatic rings. The first kappa shape index (κ1) is 13.2. The number of aryl methyl sites for hydroxylation is 1. The summed E-state index contributed by atoms with van der Waals surface area (Å²) in [5, 5.41) is 7.22. The SMILES string of the molecule is Cc1nn(CCNC(=O)c2cnccn2)c(C)c1C. The van der Waals surface area contributed by atoms with Crippen LogP contribution in [0.2, 0.25) is 0 Å². The Kier molecular flexibility index (Phi) is 3.89. The Labute approximate surface area is 111 Å². The highest BCUT2D eigenvalue weighted by molar-refractivity contribution is 5.91. The molecule has 0 saturated carbocycles. The Balaban J connectivity index is 1.90. The standard InChI is InChI=1S/C13H17N5O/c1-9-10(2)17-18(11(9)3)7-6-16-13(19)12-8-14-4-5-15-12/h4-5,8H,6-7H2,1-3H3,(H,16,19). The first-order valence-electron chi connectivity index (χ1n) is 6.14. The van der Waals surface area contributed by atoms with Gasteiger partial charge >= 0.3 is 0 Å². The highest BCUT2D eigenvalue weighted by atomic mass is 16.1. The molecule has 1 N–H and O–H groups in total. The third kappa shape index (κ3) is 2.96. The van der Waals surface area contributed by atoms with E-state index in [0.717, 1.165) is 11.4 Å². The number of hydrogen-bond donors (Lipinski definition) is 1. The van der Waals surface area contributed by atoms with Gasteiger partial charge in [-0.25, -0.2) is 4.98 Å². The maximum absolute atomic E-state index is 11.7. The van der Waals surface area contributed by atoms with E-state index in [1.807, 2.05) is 25.5 Å². The second-order valence-corrected chi connectivity index (χ2v) is 4.37. The molecule has 6 heteroatoms. The highest BCUT2D eigenvalue weighted by Gasteiger charge is 2.08. The van der Waals surface area contributed by atoms with Crippen molar-refractivity contribution in [2.75, 3.05) is 6.54 Å².